The van der Waals surface area contributed by atoms with E-state index in [1.165, 1.54) is 0 Å². The predicted octanol–water partition coefficient (Wildman–Crippen LogP) is 2.78. The second kappa shape index (κ2) is 4.86. The minimum atomic E-state index is -0.120. The smallest absolute Gasteiger partial charge is 0.224 e. The number of hydrogen-bond donors (Lipinski definition) is 2. The van der Waals surface area contributed by atoms with Crippen molar-refractivity contribution in [3.63, 3.8) is 0 Å². The zero-order chi connectivity index (χ0) is 10.6. The summed E-state index contributed by atoms with van der Waals surface area (Å²) in [5, 5.41) is 12.3. The number of carbonyl (C=O) groups excluding carboxylic acids is 1. The first-order chi connectivity index (χ1) is 6.65. The van der Waals surface area contributed by atoms with Crippen LogP contribution in [0.2, 0.25) is 5.02 Å². The molecule has 0 spiro atoms. The van der Waals surface area contributed by atoms with E-state index < -0.39 is 0 Å². The van der Waals surface area contributed by atoms with Crippen LogP contribution in [0.4, 0.5) is 5.69 Å². The van der Waals surface area contributed by atoms with Gasteiger partial charge in [0.05, 0.1) is 10.7 Å². The molecule has 0 aliphatic carbocycles. The molecule has 0 aliphatic rings. The molecule has 0 atom stereocenters. The van der Waals surface area contributed by atoms with Gasteiger partial charge in [0, 0.05) is 6.42 Å². The number of carbonyl (C=O) groups is 1. The summed E-state index contributed by atoms with van der Waals surface area (Å²) in [6.45, 7) is 1.91. The fourth-order valence-corrected chi connectivity index (χ4v) is 1.23. The highest BCUT2D eigenvalue weighted by Crippen LogP contribution is 2.31. The first-order valence-electron chi connectivity index (χ1n) is 4.42. The van der Waals surface area contributed by atoms with E-state index in [0.717, 1.165) is 6.42 Å². The highest BCUT2D eigenvalue weighted by Gasteiger charge is 2.07. The molecule has 3 nitrogen and oxygen atoms in total. The standard InChI is InChI=1S/C10H12ClNO2/c1-2-4-9(13)12-8-6-3-5-7(11)10(8)14/h3,5-6,14H,2,4H2,1H3,(H,12,13). The number of amides is 1. The van der Waals surface area contributed by atoms with Crippen LogP contribution in [-0.4, -0.2) is 11.0 Å². The summed E-state index contributed by atoms with van der Waals surface area (Å²) in [7, 11) is 0. The quantitative estimate of drug-likeness (QED) is 0.759. The highest BCUT2D eigenvalue weighted by atomic mass is 35.5. The van der Waals surface area contributed by atoms with Crippen molar-refractivity contribution in [1.29, 1.82) is 0 Å². The van der Waals surface area contributed by atoms with Crippen LogP contribution < -0.4 is 5.32 Å². The van der Waals surface area contributed by atoms with Gasteiger partial charge in [-0.3, -0.25) is 4.79 Å². The van der Waals surface area contributed by atoms with Gasteiger partial charge in [0.25, 0.3) is 0 Å². The molecule has 4 heteroatoms. The van der Waals surface area contributed by atoms with Gasteiger partial charge in [-0.15, -0.1) is 0 Å². The molecule has 0 aromatic heterocycles. The number of anilines is 1. The van der Waals surface area contributed by atoms with Crippen molar-refractivity contribution in [1.82, 2.24) is 0 Å². The van der Waals surface area contributed by atoms with Crippen LogP contribution >= 0.6 is 11.6 Å². The SMILES string of the molecule is CCCC(=O)Nc1cccc(Cl)c1O. The van der Waals surface area contributed by atoms with Crippen molar-refractivity contribution in [2.24, 2.45) is 0 Å². The molecule has 76 valence electrons. The molecule has 1 amide bonds. The van der Waals surface area contributed by atoms with Crippen LogP contribution in [0.5, 0.6) is 5.75 Å². The zero-order valence-corrected chi connectivity index (χ0v) is 8.64. The molecule has 14 heavy (non-hydrogen) atoms. The van der Waals surface area contributed by atoms with Crippen molar-refractivity contribution >= 4 is 23.2 Å². The average Bonchev–Trinajstić information content (AvgIpc) is 2.13. The van der Waals surface area contributed by atoms with Crippen LogP contribution in [0.15, 0.2) is 18.2 Å². The minimum absolute atomic E-state index is 0.0846. The number of rotatable bonds is 3. The molecule has 0 aliphatic heterocycles. The largest absolute Gasteiger partial charge is 0.504 e. The fraction of sp³-hybridized carbons (Fsp3) is 0.300. The van der Waals surface area contributed by atoms with Crippen LogP contribution in [0.25, 0.3) is 0 Å². The van der Waals surface area contributed by atoms with Gasteiger partial charge in [-0.25, -0.2) is 0 Å². The van der Waals surface area contributed by atoms with Crippen LogP contribution in [0, 0.1) is 0 Å². The lowest BCUT2D eigenvalue weighted by atomic mass is 10.2. The maximum Gasteiger partial charge on any atom is 0.224 e. The monoisotopic (exact) mass is 213 g/mol. The molecular formula is C10H12ClNO2. The van der Waals surface area contributed by atoms with Gasteiger partial charge in [0.1, 0.15) is 0 Å². The van der Waals surface area contributed by atoms with Gasteiger partial charge in [0.2, 0.25) is 5.91 Å². The third-order valence-electron chi connectivity index (χ3n) is 1.74. The Labute approximate surface area is 87.7 Å². The van der Waals surface area contributed by atoms with Crippen molar-refractivity contribution < 1.29 is 9.90 Å². The van der Waals surface area contributed by atoms with E-state index in [0.29, 0.717) is 12.1 Å². The van der Waals surface area contributed by atoms with Gasteiger partial charge < -0.3 is 10.4 Å². The van der Waals surface area contributed by atoms with E-state index >= 15 is 0 Å². The summed E-state index contributed by atoms with van der Waals surface area (Å²) in [4.78, 5) is 11.2. The van der Waals surface area contributed by atoms with Crippen LogP contribution in [0.1, 0.15) is 19.8 Å². The molecule has 0 saturated heterocycles. The van der Waals surface area contributed by atoms with Gasteiger partial charge in [0.15, 0.2) is 5.75 Å². The van der Waals surface area contributed by atoms with E-state index in [4.69, 9.17) is 11.6 Å². The second-order valence-electron chi connectivity index (χ2n) is 2.93. The molecule has 0 radical (unpaired) electrons. The Morgan fingerprint density at radius 2 is 2.29 bits per heavy atom. The number of phenolic OH excluding ortho intramolecular Hbond substituents is 1. The summed E-state index contributed by atoms with van der Waals surface area (Å²) >= 11 is 5.67. The molecule has 2 N–H and O–H groups in total. The molecule has 1 aromatic carbocycles. The number of benzene rings is 1. The van der Waals surface area contributed by atoms with Crippen molar-refractivity contribution in [2.75, 3.05) is 5.32 Å². The molecule has 0 heterocycles. The molecule has 1 rings (SSSR count). The number of aromatic hydroxyl groups is 1. The molecule has 0 saturated carbocycles. The highest BCUT2D eigenvalue weighted by molar-refractivity contribution is 6.32. The minimum Gasteiger partial charge on any atom is -0.504 e. The molecule has 0 bridgehead atoms. The predicted molar refractivity (Wildman–Crippen MR) is 56.7 cm³/mol. The maximum atomic E-state index is 11.2. The number of hydrogen-bond acceptors (Lipinski definition) is 2. The summed E-state index contributed by atoms with van der Waals surface area (Å²) in [6.07, 6.45) is 1.21. The summed E-state index contributed by atoms with van der Waals surface area (Å²) in [6, 6.07) is 4.84. The molecular weight excluding hydrogens is 202 g/mol. The van der Waals surface area contributed by atoms with E-state index in [1.807, 2.05) is 6.92 Å². The van der Waals surface area contributed by atoms with Gasteiger partial charge in [-0.1, -0.05) is 24.6 Å². The van der Waals surface area contributed by atoms with Gasteiger partial charge in [-0.2, -0.15) is 0 Å². The number of halogens is 1. The van der Waals surface area contributed by atoms with Crippen LogP contribution in [0.3, 0.4) is 0 Å². The maximum absolute atomic E-state index is 11.2. The Balaban J connectivity index is 2.76. The molecule has 0 fully saturated rings. The van der Waals surface area contributed by atoms with E-state index in [1.54, 1.807) is 18.2 Å². The first-order valence-corrected chi connectivity index (χ1v) is 4.80. The Morgan fingerprint density at radius 3 is 2.93 bits per heavy atom. The average molecular weight is 214 g/mol. The van der Waals surface area contributed by atoms with E-state index in [9.17, 15) is 9.90 Å². The number of phenols is 1. The normalized spacial score (nSPS) is 9.86. The zero-order valence-electron chi connectivity index (χ0n) is 7.88. The van der Waals surface area contributed by atoms with Crippen LogP contribution in [-0.2, 0) is 4.79 Å². The Hall–Kier alpha value is -1.22. The summed E-state index contributed by atoms with van der Waals surface area (Å²) in [5.74, 6) is -0.205. The third kappa shape index (κ3) is 2.64. The number of para-hydroxylation sites is 1. The van der Waals surface area contributed by atoms with Gasteiger partial charge >= 0.3 is 0 Å². The third-order valence-corrected chi connectivity index (χ3v) is 2.04. The topological polar surface area (TPSA) is 49.3 Å². The lowest BCUT2D eigenvalue weighted by Crippen LogP contribution is -2.10. The van der Waals surface area contributed by atoms with E-state index in [-0.39, 0.29) is 16.7 Å². The molecule has 0 unspecified atom stereocenters. The summed E-state index contributed by atoms with van der Waals surface area (Å²) < 4.78 is 0. The van der Waals surface area contributed by atoms with Crippen molar-refractivity contribution in [2.45, 2.75) is 19.8 Å². The Bertz CT molecular complexity index is 339. The first kappa shape index (κ1) is 10.9. The van der Waals surface area contributed by atoms with E-state index in [2.05, 4.69) is 5.32 Å². The Morgan fingerprint density at radius 1 is 1.57 bits per heavy atom. The fourth-order valence-electron chi connectivity index (χ4n) is 1.06. The Kier molecular flexibility index (Phi) is 3.77. The molecule has 1 aromatic rings. The summed E-state index contributed by atoms with van der Waals surface area (Å²) in [5.41, 5.74) is 0.357. The second-order valence-corrected chi connectivity index (χ2v) is 3.34. The van der Waals surface area contributed by atoms with Crippen molar-refractivity contribution in [3.8, 4) is 5.75 Å². The van der Waals surface area contributed by atoms with Gasteiger partial charge in [-0.05, 0) is 18.6 Å². The lowest BCUT2D eigenvalue weighted by Gasteiger charge is -2.07. The lowest BCUT2D eigenvalue weighted by molar-refractivity contribution is -0.116. The van der Waals surface area contributed by atoms with Crippen molar-refractivity contribution in [3.05, 3.63) is 23.2 Å². The number of nitrogens with one attached hydrogen (secondary N) is 1.